The zero-order valence-corrected chi connectivity index (χ0v) is 13.7. The number of carbonyl (C=O) groups is 1. The minimum Gasteiger partial charge on any atom is -0.465 e. The second-order valence-corrected chi connectivity index (χ2v) is 6.92. The van der Waals surface area contributed by atoms with Gasteiger partial charge in [0.15, 0.2) is 0 Å². The first-order valence-corrected chi connectivity index (χ1v) is 8.17. The quantitative estimate of drug-likeness (QED) is 0.619. The maximum Gasteiger partial charge on any atom is 0.339 e. The van der Waals surface area contributed by atoms with Crippen LogP contribution in [0.3, 0.4) is 0 Å². The lowest BCUT2D eigenvalue weighted by Crippen LogP contribution is -2.23. The fraction of sp³-hybridized carbons (Fsp3) is 0.0714. The predicted octanol–water partition coefficient (Wildman–Crippen LogP) is 3.48. The Morgan fingerprint density at radius 1 is 1.14 bits per heavy atom. The number of nitrogens with zero attached hydrogens (tertiary/aromatic N) is 1. The molecule has 0 N–H and O–H groups in total. The van der Waals surface area contributed by atoms with E-state index in [1.54, 1.807) is 12.1 Å². The molecule has 116 valence electrons. The van der Waals surface area contributed by atoms with Crippen LogP contribution in [0.4, 0.5) is 5.69 Å². The average Bonchev–Trinajstić information content (AvgIpc) is 2.53. The van der Waals surface area contributed by atoms with Gasteiger partial charge >= 0.3 is 5.97 Å². The second-order valence-electron chi connectivity index (χ2n) is 4.19. The Hall–Kier alpha value is -1.76. The zero-order chi connectivity index (χ0) is 16.3. The van der Waals surface area contributed by atoms with Crippen molar-refractivity contribution in [2.45, 2.75) is 4.90 Å². The first-order chi connectivity index (χ1) is 10.4. The van der Waals surface area contributed by atoms with E-state index in [1.165, 1.54) is 43.5 Å². The maximum absolute atomic E-state index is 12.6. The third kappa shape index (κ3) is 3.19. The van der Waals surface area contributed by atoms with E-state index in [1.807, 2.05) is 0 Å². The van der Waals surface area contributed by atoms with Crippen LogP contribution in [0.5, 0.6) is 0 Å². The number of methoxy groups -OCH3 is 1. The SMILES string of the molecule is COC(=O)c1ccccc1S(=O)(=O)N(Cl)c1cccc(Cl)c1. The Bertz CT molecular complexity index is 808. The van der Waals surface area contributed by atoms with Gasteiger partial charge in [-0.05, 0) is 30.3 Å². The van der Waals surface area contributed by atoms with Crippen LogP contribution in [0.25, 0.3) is 0 Å². The second kappa shape index (κ2) is 6.56. The van der Waals surface area contributed by atoms with Gasteiger partial charge in [0.25, 0.3) is 10.0 Å². The van der Waals surface area contributed by atoms with Crippen molar-refractivity contribution >= 4 is 45.1 Å². The van der Waals surface area contributed by atoms with Gasteiger partial charge < -0.3 is 4.74 Å². The summed E-state index contributed by atoms with van der Waals surface area (Å²) in [6.45, 7) is 0. The lowest BCUT2D eigenvalue weighted by Gasteiger charge is -2.17. The largest absolute Gasteiger partial charge is 0.465 e. The minimum absolute atomic E-state index is 0.0994. The monoisotopic (exact) mass is 359 g/mol. The smallest absolute Gasteiger partial charge is 0.339 e. The van der Waals surface area contributed by atoms with Gasteiger partial charge in [-0.1, -0.05) is 29.8 Å². The van der Waals surface area contributed by atoms with Crippen molar-refractivity contribution in [1.29, 1.82) is 0 Å². The first kappa shape index (κ1) is 16.6. The first-order valence-electron chi connectivity index (χ1n) is 6.02. The van der Waals surface area contributed by atoms with E-state index in [0.29, 0.717) is 8.85 Å². The number of ether oxygens (including phenoxy) is 1. The third-order valence-corrected chi connectivity index (χ3v) is 5.31. The molecule has 2 aromatic rings. The fourth-order valence-corrected chi connectivity index (χ4v) is 3.54. The number of esters is 1. The molecule has 0 aliphatic heterocycles. The molecule has 0 radical (unpaired) electrons. The molecular formula is C14H11Cl2NO4S. The number of rotatable bonds is 4. The Balaban J connectivity index is 2.54. The van der Waals surface area contributed by atoms with Crippen LogP contribution in [0.1, 0.15) is 10.4 Å². The molecule has 2 aromatic carbocycles. The Labute approximate surface area is 138 Å². The average molecular weight is 360 g/mol. The van der Waals surface area contributed by atoms with Crippen molar-refractivity contribution < 1.29 is 17.9 Å². The molecule has 8 heteroatoms. The van der Waals surface area contributed by atoms with E-state index in [9.17, 15) is 13.2 Å². The highest BCUT2D eigenvalue weighted by Gasteiger charge is 2.28. The summed E-state index contributed by atoms with van der Waals surface area (Å²) < 4.78 is 30.4. The van der Waals surface area contributed by atoms with Gasteiger partial charge in [-0.3, -0.25) is 0 Å². The van der Waals surface area contributed by atoms with Gasteiger partial charge in [-0.2, -0.15) is 12.2 Å². The van der Waals surface area contributed by atoms with Crippen LogP contribution in [0.2, 0.25) is 5.02 Å². The van der Waals surface area contributed by atoms with Gasteiger partial charge in [0, 0.05) is 16.8 Å². The summed E-state index contributed by atoms with van der Waals surface area (Å²) >= 11 is 11.8. The van der Waals surface area contributed by atoms with E-state index in [2.05, 4.69) is 4.74 Å². The van der Waals surface area contributed by atoms with Crippen molar-refractivity contribution in [2.24, 2.45) is 0 Å². The maximum atomic E-state index is 12.6. The van der Waals surface area contributed by atoms with Crippen molar-refractivity contribution in [3.8, 4) is 0 Å². The van der Waals surface area contributed by atoms with Crippen molar-refractivity contribution in [3.63, 3.8) is 0 Å². The molecule has 0 saturated heterocycles. The molecule has 0 aromatic heterocycles. The van der Waals surface area contributed by atoms with Gasteiger partial charge in [-0.15, -0.1) is 0 Å². The van der Waals surface area contributed by atoms with Gasteiger partial charge in [0.1, 0.15) is 4.90 Å². The highest BCUT2D eigenvalue weighted by atomic mass is 35.5. The summed E-state index contributed by atoms with van der Waals surface area (Å²) in [6.07, 6.45) is 0. The lowest BCUT2D eigenvalue weighted by molar-refractivity contribution is 0.0596. The van der Waals surface area contributed by atoms with Crippen molar-refractivity contribution in [2.75, 3.05) is 10.9 Å². The summed E-state index contributed by atoms with van der Waals surface area (Å²) in [5.74, 6) is -0.768. The Kier molecular flexibility index (Phi) is 4.95. The minimum atomic E-state index is -4.16. The number of benzene rings is 2. The van der Waals surface area contributed by atoms with Crippen LogP contribution >= 0.6 is 23.4 Å². The summed E-state index contributed by atoms with van der Waals surface area (Å²) in [5.41, 5.74) is 0.0616. The summed E-state index contributed by atoms with van der Waals surface area (Å²) in [4.78, 5) is 11.5. The normalized spacial score (nSPS) is 11.0. The lowest BCUT2D eigenvalue weighted by atomic mass is 10.2. The molecule has 0 heterocycles. The van der Waals surface area contributed by atoms with Crippen LogP contribution in [0, 0.1) is 0 Å². The molecule has 0 unspecified atom stereocenters. The molecule has 5 nitrogen and oxygen atoms in total. The summed E-state index contributed by atoms with van der Waals surface area (Å²) in [5, 5.41) is 0.333. The van der Waals surface area contributed by atoms with Crippen molar-refractivity contribution in [1.82, 2.24) is 0 Å². The number of hydrogen-bond acceptors (Lipinski definition) is 4. The molecule has 0 aliphatic carbocycles. The van der Waals surface area contributed by atoms with Crippen LogP contribution < -0.4 is 3.82 Å². The van der Waals surface area contributed by atoms with Crippen LogP contribution in [0.15, 0.2) is 53.4 Å². The van der Waals surface area contributed by atoms with Gasteiger partial charge in [0.2, 0.25) is 0 Å². The highest BCUT2D eigenvalue weighted by molar-refractivity contribution is 7.94. The number of halogens is 2. The molecule has 22 heavy (non-hydrogen) atoms. The van der Waals surface area contributed by atoms with E-state index in [-0.39, 0.29) is 16.1 Å². The van der Waals surface area contributed by atoms with E-state index in [0.717, 1.165) is 0 Å². The topological polar surface area (TPSA) is 63.7 Å². The highest BCUT2D eigenvalue weighted by Crippen LogP contribution is 2.29. The molecule has 0 bridgehead atoms. The number of sulfonamides is 1. The third-order valence-electron chi connectivity index (χ3n) is 2.79. The molecular weight excluding hydrogens is 349 g/mol. The van der Waals surface area contributed by atoms with E-state index < -0.39 is 16.0 Å². The molecule has 0 fully saturated rings. The summed E-state index contributed by atoms with van der Waals surface area (Å²) in [7, 11) is -2.99. The number of anilines is 1. The van der Waals surface area contributed by atoms with E-state index in [4.69, 9.17) is 23.4 Å². The number of hydrogen-bond donors (Lipinski definition) is 0. The summed E-state index contributed by atoms with van der Waals surface area (Å²) in [6, 6.07) is 11.7. The Morgan fingerprint density at radius 3 is 2.45 bits per heavy atom. The molecule has 0 amide bonds. The molecule has 0 spiro atoms. The van der Waals surface area contributed by atoms with Gasteiger partial charge in [-0.25, -0.2) is 4.79 Å². The standard InChI is InChI=1S/C14H11Cl2NO4S/c1-21-14(18)12-7-2-3-8-13(12)22(19,20)17(16)11-6-4-5-10(15)9-11/h2-9H,1H3. The van der Waals surface area contributed by atoms with Crippen LogP contribution in [-0.2, 0) is 14.8 Å². The molecule has 2 rings (SSSR count). The predicted molar refractivity (Wildman–Crippen MR) is 84.8 cm³/mol. The molecule has 0 aliphatic rings. The van der Waals surface area contributed by atoms with Crippen molar-refractivity contribution in [3.05, 3.63) is 59.1 Å². The zero-order valence-electron chi connectivity index (χ0n) is 11.4. The molecule has 0 saturated carbocycles. The van der Waals surface area contributed by atoms with E-state index >= 15 is 0 Å². The Morgan fingerprint density at radius 2 is 1.82 bits per heavy atom. The molecule has 0 atom stereocenters. The number of carbonyl (C=O) groups excluding carboxylic acids is 1. The van der Waals surface area contributed by atoms with Crippen LogP contribution in [-0.4, -0.2) is 21.5 Å². The van der Waals surface area contributed by atoms with Gasteiger partial charge in [0.05, 0.1) is 18.4 Å². The fourth-order valence-electron chi connectivity index (χ4n) is 1.78.